The number of aromatic nitrogens is 3. The highest BCUT2D eigenvalue weighted by molar-refractivity contribution is 5.77. The van der Waals surface area contributed by atoms with Crippen LogP contribution in [0.2, 0.25) is 0 Å². The normalized spacial score (nSPS) is 17.5. The zero-order valence-electron chi connectivity index (χ0n) is 14.9. The van der Waals surface area contributed by atoms with Gasteiger partial charge in [0.15, 0.2) is 0 Å². The fourth-order valence-corrected chi connectivity index (χ4v) is 3.84. The van der Waals surface area contributed by atoms with Crippen molar-refractivity contribution >= 4 is 16.9 Å². The lowest BCUT2D eigenvalue weighted by atomic mass is 9.93. The van der Waals surface area contributed by atoms with Gasteiger partial charge in [-0.15, -0.1) is 0 Å². The first-order valence-corrected chi connectivity index (χ1v) is 9.37. The summed E-state index contributed by atoms with van der Waals surface area (Å²) in [6.45, 7) is 2.41. The molecule has 0 aliphatic carbocycles. The number of hydrogen-bond donors (Lipinski definition) is 0. The van der Waals surface area contributed by atoms with Gasteiger partial charge in [-0.2, -0.15) is 0 Å². The van der Waals surface area contributed by atoms with Crippen molar-refractivity contribution in [2.24, 2.45) is 5.92 Å². The molecule has 1 aromatic carbocycles. The molecule has 1 aliphatic rings. The van der Waals surface area contributed by atoms with Crippen molar-refractivity contribution in [1.82, 2.24) is 19.4 Å². The second-order valence-electron chi connectivity index (χ2n) is 7.05. The topological polar surface area (TPSA) is 51.0 Å². The molecular formula is C21H24N4O. The van der Waals surface area contributed by atoms with Gasteiger partial charge in [-0.3, -0.25) is 9.78 Å². The SMILES string of the molecule is O=C(CCn1cnc2ccccc21)N1CCCC(Cc2ccccn2)C1. The number of likely N-dealkylation sites (tertiary alicyclic amines) is 1. The van der Waals surface area contributed by atoms with Crippen LogP contribution in [0.15, 0.2) is 55.0 Å². The van der Waals surface area contributed by atoms with Crippen LogP contribution in [0.4, 0.5) is 0 Å². The molecule has 1 atom stereocenters. The zero-order valence-corrected chi connectivity index (χ0v) is 14.9. The van der Waals surface area contributed by atoms with Crippen molar-refractivity contribution in [2.75, 3.05) is 13.1 Å². The molecule has 0 saturated carbocycles. The number of carbonyl (C=O) groups is 1. The monoisotopic (exact) mass is 348 g/mol. The molecule has 3 heterocycles. The molecule has 0 radical (unpaired) electrons. The predicted molar refractivity (Wildman–Crippen MR) is 102 cm³/mol. The van der Waals surface area contributed by atoms with Crippen LogP contribution in [0.5, 0.6) is 0 Å². The minimum Gasteiger partial charge on any atom is -0.342 e. The Morgan fingerprint density at radius 3 is 2.88 bits per heavy atom. The minimum absolute atomic E-state index is 0.244. The number of imidazole rings is 1. The van der Waals surface area contributed by atoms with Gasteiger partial charge in [-0.25, -0.2) is 4.98 Å². The van der Waals surface area contributed by atoms with E-state index in [1.165, 1.54) is 6.42 Å². The van der Waals surface area contributed by atoms with E-state index in [4.69, 9.17) is 0 Å². The summed E-state index contributed by atoms with van der Waals surface area (Å²) in [7, 11) is 0. The number of fused-ring (bicyclic) bond motifs is 1. The minimum atomic E-state index is 0.244. The summed E-state index contributed by atoms with van der Waals surface area (Å²) in [4.78, 5) is 23.6. The highest BCUT2D eigenvalue weighted by Gasteiger charge is 2.24. The molecule has 134 valence electrons. The molecule has 1 fully saturated rings. The van der Waals surface area contributed by atoms with Crippen LogP contribution in [-0.2, 0) is 17.8 Å². The van der Waals surface area contributed by atoms with Crippen LogP contribution < -0.4 is 0 Å². The number of amides is 1. The van der Waals surface area contributed by atoms with E-state index in [0.29, 0.717) is 18.9 Å². The number of para-hydroxylation sites is 2. The van der Waals surface area contributed by atoms with Crippen molar-refractivity contribution < 1.29 is 4.79 Å². The van der Waals surface area contributed by atoms with Crippen LogP contribution in [0.3, 0.4) is 0 Å². The lowest BCUT2D eigenvalue weighted by Crippen LogP contribution is -2.40. The summed E-state index contributed by atoms with van der Waals surface area (Å²) in [6, 6.07) is 14.1. The van der Waals surface area contributed by atoms with Gasteiger partial charge in [0.1, 0.15) is 0 Å². The van der Waals surface area contributed by atoms with Crippen LogP contribution in [-0.4, -0.2) is 38.4 Å². The second-order valence-corrected chi connectivity index (χ2v) is 7.05. The summed E-state index contributed by atoms with van der Waals surface area (Å²) in [5.41, 5.74) is 3.19. The van der Waals surface area contributed by atoms with Crippen LogP contribution in [0.1, 0.15) is 25.0 Å². The number of carbonyl (C=O) groups excluding carboxylic acids is 1. The van der Waals surface area contributed by atoms with Crippen molar-refractivity contribution in [3.8, 4) is 0 Å². The molecule has 0 N–H and O–H groups in total. The molecule has 26 heavy (non-hydrogen) atoms. The van der Waals surface area contributed by atoms with Gasteiger partial charge in [-0.05, 0) is 49.4 Å². The maximum absolute atomic E-state index is 12.7. The van der Waals surface area contributed by atoms with Gasteiger partial charge in [0.2, 0.25) is 5.91 Å². The first-order valence-electron chi connectivity index (χ1n) is 9.37. The molecule has 3 aromatic rings. The molecule has 5 nitrogen and oxygen atoms in total. The van der Waals surface area contributed by atoms with Crippen LogP contribution in [0.25, 0.3) is 11.0 Å². The van der Waals surface area contributed by atoms with Crippen molar-refractivity contribution in [3.05, 3.63) is 60.7 Å². The number of rotatable bonds is 5. The van der Waals surface area contributed by atoms with E-state index in [1.807, 2.05) is 47.8 Å². The Bertz CT molecular complexity index is 874. The molecule has 4 rings (SSSR count). The molecule has 2 aromatic heterocycles. The summed E-state index contributed by atoms with van der Waals surface area (Å²) >= 11 is 0. The Morgan fingerprint density at radius 2 is 2.00 bits per heavy atom. The Kier molecular flexibility index (Phi) is 4.95. The lowest BCUT2D eigenvalue weighted by Gasteiger charge is -2.33. The number of nitrogens with zero attached hydrogens (tertiary/aromatic N) is 4. The number of pyridine rings is 1. The number of hydrogen-bond acceptors (Lipinski definition) is 3. The smallest absolute Gasteiger partial charge is 0.224 e. The maximum atomic E-state index is 12.7. The standard InChI is InChI=1S/C21H24N4O/c26-21(10-13-25-16-23-19-8-1-2-9-20(19)25)24-12-5-6-17(15-24)14-18-7-3-4-11-22-18/h1-4,7-9,11,16-17H,5-6,10,12-15H2. The van der Waals surface area contributed by atoms with Gasteiger partial charge in [0.05, 0.1) is 17.4 Å². The van der Waals surface area contributed by atoms with Crippen LogP contribution in [0, 0.1) is 5.92 Å². The predicted octanol–water partition coefficient (Wildman–Crippen LogP) is 3.30. The van der Waals surface area contributed by atoms with Gasteiger partial charge in [0, 0.05) is 37.9 Å². The molecule has 5 heteroatoms. The van der Waals surface area contributed by atoms with Gasteiger partial charge in [0.25, 0.3) is 0 Å². The molecule has 1 saturated heterocycles. The third kappa shape index (κ3) is 3.77. The fourth-order valence-electron chi connectivity index (χ4n) is 3.84. The Balaban J connectivity index is 1.34. The van der Waals surface area contributed by atoms with Crippen molar-refractivity contribution in [2.45, 2.75) is 32.2 Å². The number of piperidine rings is 1. The summed E-state index contributed by atoms with van der Waals surface area (Å²) in [6.07, 6.45) is 7.41. The molecular weight excluding hydrogens is 324 g/mol. The number of benzene rings is 1. The van der Waals surface area contributed by atoms with E-state index in [9.17, 15) is 4.79 Å². The van der Waals surface area contributed by atoms with Gasteiger partial charge < -0.3 is 9.47 Å². The quantitative estimate of drug-likeness (QED) is 0.711. The molecule has 1 unspecified atom stereocenters. The molecule has 1 amide bonds. The average molecular weight is 348 g/mol. The average Bonchev–Trinajstić information content (AvgIpc) is 3.10. The van der Waals surface area contributed by atoms with E-state index in [2.05, 4.69) is 26.7 Å². The van der Waals surface area contributed by atoms with Crippen molar-refractivity contribution in [3.63, 3.8) is 0 Å². The number of aryl methyl sites for hydroxylation is 1. The zero-order chi connectivity index (χ0) is 17.8. The third-order valence-electron chi connectivity index (χ3n) is 5.19. The van der Waals surface area contributed by atoms with Gasteiger partial charge in [-0.1, -0.05) is 18.2 Å². The molecule has 0 spiro atoms. The first kappa shape index (κ1) is 16.8. The fraction of sp³-hybridized carbons (Fsp3) is 0.381. The largest absolute Gasteiger partial charge is 0.342 e. The van der Waals surface area contributed by atoms with Crippen molar-refractivity contribution in [1.29, 1.82) is 0 Å². The highest BCUT2D eigenvalue weighted by Crippen LogP contribution is 2.21. The Labute approximate surface area is 153 Å². The van der Waals surface area contributed by atoms with E-state index in [0.717, 1.165) is 42.7 Å². The van der Waals surface area contributed by atoms with E-state index in [1.54, 1.807) is 0 Å². The third-order valence-corrected chi connectivity index (χ3v) is 5.19. The van der Waals surface area contributed by atoms with E-state index < -0.39 is 0 Å². The van der Waals surface area contributed by atoms with Gasteiger partial charge >= 0.3 is 0 Å². The Hall–Kier alpha value is -2.69. The van der Waals surface area contributed by atoms with E-state index >= 15 is 0 Å². The second kappa shape index (κ2) is 7.68. The van der Waals surface area contributed by atoms with Crippen LogP contribution >= 0.6 is 0 Å². The highest BCUT2D eigenvalue weighted by atomic mass is 16.2. The lowest BCUT2D eigenvalue weighted by molar-refractivity contribution is -0.133. The molecule has 0 bridgehead atoms. The maximum Gasteiger partial charge on any atom is 0.224 e. The van der Waals surface area contributed by atoms with E-state index in [-0.39, 0.29) is 5.91 Å². The summed E-state index contributed by atoms with van der Waals surface area (Å²) in [5.74, 6) is 0.755. The summed E-state index contributed by atoms with van der Waals surface area (Å²) < 4.78 is 2.07. The summed E-state index contributed by atoms with van der Waals surface area (Å²) in [5, 5.41) is 0. The first-order chi connectivity index (χ1) is 12.8. The molecule has 1 aliphatic heterocycles. The Morgan fingerprint density at radius 1 is 1.12 bits per heavy atom.